The van der Waals surface area contributed by atoms with Gasteiger partial charge < -0.3 is 4.98 Å². The van der Waals surface area contributed by atoms with Crippen LogP contribution in [-0.4, -0.2) is 14.4 Å². The van der Waals surface area contributed by atoms with Gasteiger partial charge in [0.05, 0.1) is 5.52 Å². The lowest BCUT2D eigenvalue weighted by molar-refractivity contribution is 0.595. The summed E-state index contributed by atoms with van der Waals surface area (Å²) in [5.74, 6) is 0. The number of hydrogen-bond donors (Lipinski definition) is 1. The van der Waals surface area contributed by atoms with Crippen LogP contribution in [0.2, 0.25) is 0 Å². The fraction of sp³-hybridized carbons (Fsp3) is 0.235. The maximum absolute atomic E-state index is 4.76. The van der Waals surface area contributed by atoms with E-state index in [0.717, 1.165) is 16.8 Å². The molecule has 0 radical (unpaired) electrons. The molecule has 0 unspecified atom stereocenters. The molecule has 4 aromatic rings. The summed E-state index contributed by atoms with van der Waals surface area (Å²) in [4.78, 5) is 8.33. The van der Waals surface area contributed by atoms with E-state index in [4.69, 9.17) is 4.98 Å². The molecule has 3 aromatic heterocycles. The lowest BCUT2D eigenvalue weighted by Gasteiger charge is -2.19. The van der Waals surface area contributed by atoms with E-state index in [9.17, 15) is 0 Å². The molecule has 4 rings (SSSR count). The highest BCUT2D eigenvalue weighted by Crippen LogP contribution is 2.33. The molecule has 0 saturated heterocycles. The monoisotopic (exact) mass is 263 g/mol. The molecule has 0 bridgehead atoms. The molecular formula is C17H17N3. The molecule has 0 fully saturated rings. The van der Waals surface area contributed by atoms with Gasteiger partial charge in [0.1, 0.15) is 16.8 Å². The van der Waals surface area contributed by atoms with Crippen LogP contribution < -0.4 is 0 Å². The number of benzene rings is 1. The first kappa shape index (κ1) is 11.5. The highest BCUT2D eigenvalue weighted by Gasteiger charge is 2.20. The smallest absolute Gasteiger partial charge is 0.143 e. The SMILES string of the molecule is CC(C)(C)c1cccc2c1[nH]c1c2nc2ccccn21. The number of hydrogen-bond acceptors (Lipinski definition) is 1. The Morgan fingerprint density at radius 1 is 1.05 bits per heavy atom. The molecule has 0 aliphatic heterocycles. The van der Waals surface area contributed by atoms with Gasteiger partial charge in [0.15, 0.2) is 0 Å². The van der Waals surface area contributed by atoms with E-state index >= 15 is 0 Å². The van der Waals surface area contributed by atoms with Crippen LogP contribution in [0.1, 0.15) is 26.3 Å². The zero-order valence-electron chi connectivity index (χ0n) is 11.9. The third-order valence-electron chi connectivity index (χ3n) is 3.90. The Kier molecular flexibility index (Phi) is 2.09. The number of rotatable bonds is 0. The zero-order valence-corrected chi connectivity index (χ0v) is 11.9. The van der Waals surface area contributed by atoms with Gasteiger partial charge in [0.25, 0.3) is 0 Å². The van der Waals surface area contributed by atoms with Gasteiger partial charge in [-0.25, -0.2) is 4.98 Å². The summed E-state index contributed by atoms with van der Waals surface area (Å²) in [5.41, 5.74) is 5.76. The number of H-pyrrole nitrogens is 1. The number of aromatic nitrogens is 3. The van der Waals surface area contributed by atoms with Gasteiger partial charge in [-0.1, -0.05) is 45.0 Å². The fourth-order valence-electron chi connectivity index (χ4n) is 2.93. The third kappa shape index (κ3) is 1.43. The average Bonchev–Trinajstić information content (AvgIpc) is 2.93. The standard InChI is InChI=1S/C17H17N3/c1-17(2,3)12-8-6-7-11-14(12)19-16-15(11)18-13-9-4-5-10-20(13)16/h4-10,19H,1-3H3. The van der Waals surface area contributed by atoms with Crippen molar-refractivity contribution in [3.63, 3.8) is 0 Å². The normalized spacial score (nSPS) is 12.8. The minimum atomic E-state index is 0.113. The van der Waals surface area contributed by atoms with Crippen molar-refractivity contribution >= 4 is 27.7 Å². The predicted molar refractivity (Wildman–Crippen MR) is 83.3 cm³/mol. The predicted octanol–water partition coefficient (Wildman–Crippen LogP) is 4.27. The highest BCUT2D eigenvalue weighted by atomic mass is 15.1. The number of nitrogens with zero attached hydrogens (tertiary/aromatic N) is 2. The van der Waals surface area contributed by atoms with Crippen LogP contribution in [0.25, 0.3) is 27.7 Å². The largest absolute Gasteiger partial charge is 0.339 e. The minimum absolute atomic E-state index is 0.113. The lowest BCUT2D eigenvalue weighted by atomic mass is 9.86. The summed E-state index contributed by atoms with van der Waals surface area (Å²) in [5, 5.41) is 1.20. The minimum Gasteiger partial charge on any atom is -0.339 e. The van der Waals surface area contributed by atoms with Crippen molar-refractivity contribution in [1.29, 1.82) is 0 Å². The summed E-state index contributed by atoms with van der Waals surface area (Å²) in [6.07, 6.45) is 2.05. The van der Waals surface area contributed by atoms with Crippen LogP contribution >= 0.6 is 0 Å². The summed E-state index contributed by atoms with van der Waals surface area (Å²) < 4.78 is 2.11. The van der Waals surface area contributed by atoms with E-state index in [1.54, 1.807) is 0 Å². The molecule has 0 amide bonds. The second-order valence-electron chi connectivity index (χ2n) is 6.34. The van der Waals surface area contributed by atoms with Gasteiger partial charge in [-0.05, 0) is 23.1 Å². The molecule has 3 heterocycles. The van der Waals surface area contributed by atoms with Crippen molar-refractivity contribution in [3.8, 4) is 0 Å². The molecule has 0 aliphatic rings. The Morgan fingerprint density at radius 2 is 1.90 bits per heavy atom. The number of imidazole rings is 1. The molecule has 3 heteroatoms. The fourth-order valence-corrected chi connectivity index (χ4v) is 2.93. The van der Waals surface area contributed by atoms with Crippen molar-refractivity contribution in [3.05, 3.63) is 48.2 Å². The van der Waals surface area contributed by atoms with Gasteiger partial charge in [-0.3, -0.25) is 4.40 Å². The van der Waals surface area contributed by atoms with Gasteiger partial charge in [0.2, 0.25) is 0 Å². The van der Waals surface area contributed by atoms with Crippen molar-refractivity contribution in [2.24, 2.45) is 0 Å². The average molecular weight is 263 g/mol. The summed E-state index contributed by atoms with van der Waals surface area (Å²) in [6.45, 7) is 6.73. The highest BCUT2D eigenvalue weighted by molar-refractivity contribution is 6.06. The van der Waals surface area contributed by atoms with Crippen LogP contribution in [0, 0.1) is 0 Å². The molecule has 3 nitrogen and oxygen atoms in total. The number of fused-ring (bicyclic) bond motifs is 5. The lowest BCUT2D eigenvalue weighted by Crippen LogP contribution is -2.11. The van der Waals surface area contributed by atoms with Gasteiger partial charge in [-0.15, -0.1) is 0 Å². The molecule has 0 spiro atoms. The molecule has 1 N–H and O–H groups in total. The van der Waals surface area contributed by atoms with Crippen molar-refractivity contribution < 1.29 is 0 Å². The van der Waals surface area contributed by atoms with Gasteiger partial charge in [-0.2, -0.15) is 0 Å². The molecule has 20 heavy (non-hydrogen) atoms. The Labute approximate surface area is 117 Å². The number of para-hydroxylation sites is 1. The first-order valence-electron chi connectivity index (χ1n) is 6.94. The van der Waals surface area contributed by atoms with Crippen molar-refractivity contribution in [2.45, 2.75) is 26.2 Å². The number of aromatic amines is 1. The van der Waals surface area contributed by atoms with Gasteiger partial charge >= 0.3 is 0 Å². The second-order valence-corrected chi connectivity index (χ2v) is 6.34. The van der Waals surface area contributed by atoms with E-state index in [2.05, 4.69) is 54.6 Å². The molecule has 100 valence electrons. The summed E-state index contributed by atoms with van der Waals surface area (Å²) in [7, 11) is 0. The number of nitrogens with one attached hydrogen (secondary N) is 1. The molecule has 0 saturated carbocycles. The van der Waals surface area contributed by atoms with E-state index in [1.165, 1.54) is 16.5 Å². The van der Waals surface area contributed by atoms with Crippen molar-refractivity contribution in [1.82, 2.24) is 14.4 Å². The van der Waals surface area contributed by atoms with Crippen LogP contribution in [0.15, 0.2) is 42.6 Å². The zero-order chi connectivity index (χ0) is 13.9. The summed E-state index contributed by atoms with van der Waals surface area (Å²) in [6, 6.07) is 12.6. The Hall–Kier alpha value is -2.29. The van der Waals surface area contributed by atoms with E-state index in [1.807, 2.05) is 18.2 Å². The van der Waals surface area contributed by atoms with E-state index in [0.29, 0.717) is 0 Å². The van der Waals surface area contributed by atoms with E-state index < -0.39 is 0 Å². The maximum atomic E-state index is 4.76. The first-order chi connectivity index (χ1) is 9.55. The Morgan fingerprint density at radius 3 is 2.70 bits per heavy atom. The quantitative estimate of drug-likeness (QED) is 0.505. The maximum Gasteiger partial charge on any atom is 0.143 e. The van der Waals surface area contributed by atoms with Crippen LogP contribution in [-0.2, 0) is 5.41 Å². The molecule has 0 atom stereocenters. The third-order valence-corrected chi connectivity index (χ3v) is 3.90. The summed E-state index contributed by atoms with van der Waals surface area (Å²) >= 11 is 0. The Bertz CT molecular complexity index is 935. The van der Waals surface area contributed by atoms with Gasteiger partial charge in [0, 0.05) is 11.6 Å². The Balaban J connectivity index is 2.20. The van der Waals surface area contributed by atoms with Crippen LogP contribution in [0.4, 0.5) is 0 Å². The second kappa shape index (κ2) is 3.63. The molecule has 0 aliphatic carbocycles. The molecular weight excluding hydrogens is 246 g/mol. The first-order valence-corrected chi connectivity index (χ1v) is 6.94. The topological polar surface area (TPSA) is 33.1 Å². The van der Waals surface area contributed by atoms with Crippen LogP contribution in [0.3, 0.4) is 0 Å². The van der Waals surface area contributed by atoms with Crippen LogP contribution in [0.5, 0.6) is 0 Å². The number of pyridine rings is 1. The molecule has 1 aromatic carbocycles. The van der Waals surface area contributed by atoms with Crippen molar-refractivity contribution in [2.75, 3.05) is 0 Å². The van der Waals surface area contributed by atoms with E-state index in [-0.39, 0.29) is 5.41 Å².